The molecule has 0 fully saturated rings. The number of halogens is 1. The zero-order valence-corrected chi connectivity index (χ0v) is 13.2. The summed E-state index contributed by atoms with van der Waals surface area (Å²) in [5.41, 5.74) is 7.68. The van der Waals surface area contributed by atoms with Gasteiger partial charge in [0.2, 0.25) is 0 Å². The number of hydrogen-bond acceptors (Lipinski definition) is 4. The number of hydrogen-bond donors (Lipinski definition) is 1. The van der Waals surface area contributed by atoms with Crippen molar-refractivity contribution < 1.29 is 4.74 Å². The van der Waals surface area contributed by atoms with Crippen LogP contribution in [0.3, 0.4) is 0 Å². The first kappa shape index (κ1) is 13.6. The maximum Gasteiger partial charge on any atom is 0.193 e. The van der Waals surface area contributed by atoms with Crippen LogP contribution in [0.5, 0.6) is 5.75 Å². The molecule has 0 saturated heterocycles. The number of thiazole rings is 1. The van der Waals surface area contributed by atoms with E-state index in [1.165, 1.54) is 5.56 Å². The van der Waals surface area contributed by atoms with Crippen LogP contribution in [0.2, 0.25) is 0 Å². The number of benzene rings is 1. The fourth-order valence-electron chi connectivity index (χ4n) is 1.98. The predicted octanol–water partition coefficient (Wildman–Crippen LogP) is 3.24. The Bertz CT molecular complexity index is 694. The zero-order chi connectivity index (χ0) is 13.9. The first-order valence-corrected chi connectivity index (χ1v) is 7.96. The van der Waals surface area contributed by atoms with Crippen LogP contribution in [-0.2, 0) is 13.0 Å². The second kappa shape index (κ2) is 5.95. The SMILES string of the molecule is NCCc1ccc(OCc2cn3ccsc3n2)c(Br)c1. The molecule has 0 bridgehead atoms. The molecule has 2 aromatic heterocycles. The number of aromatic nitrogens is 2. The number of nitrogens with two attached hydrogens (primary N) is 1. The van der Waals surface area contributed by atoms with Crippen molar-refractivity contribution in [1.29, 1.82) is 0 Å². The highest BCUT2D eigenvalue weighted by Crippen LogP contribution is 2.27. The van der Waals surface area contributed by atoms with Crippen LogP contribution in [0, 0.1) is 0 Å². The van der Waals surface area contributed by atoms with Crippen LogP contribution in [-0.4, -0.2) is 15.9 Å². The van der Waals surface area contributed by atoms with Crippen molar-refractivity contribution in [2.45, 2.75) is 13.0 Å². The summed E-state index contributed by atoms with van der Waals surface area (Å²) in [6.45, 7) is 1.11. The Kier molecular flexibility index (Phi) is 4.05. The molecule has 3 rings (SSSR count). The maximum absolute atomic E-state index is 5.81. The van der Waals surface area contributed by atoms with E-state index in [0.29, 0.717) is 13.2 Å². The van der Waals surface area contributed by atoms with Gasteiger partial charge in [-0.2, -0.15) is 0 Å². The van der Waals surface area contributed by atoms with Crippen LogP contribution in [0.1, 0.15) is 11.3 Å². The van der Waals surface area contributed by atoms with E-state index in [0.717, 1.165) is 27.3 Å². The lowest BCUT2D eigenvalue weighted by atomic mass is 10.1. The third-order valence-corrected chi connectivity index (χ3v) is 4.34. The third-order valence-electron chi connectivity index (χ3n) is 2.95. The smallest absolute Gasteiger partial charge is 0.193 e. The van der Waals surface area contributed by atoms with Crippen molar-refractivity contribution in [3.8, 4) is 5.75 Å². The molecule has 20 heavy (non-hydrogen) atoms. The summed E-state index contributed by atoms with van der Waals surface area (Å²) in [5, 5.41) is 2.01. The largest absolute Gasteiger partial charge is 0.486 e. The highest BCUT2D eigenvalue weighted by Gasteiger charge is 2.06. The van der Waals surface area contributed by atoms with E-state index in [2.05, 4.69) is 20.9 Å². The van der Waals surface area contributed by atoms with Gasteiger partial charge in [-0.1, -0.05) is 6.07 Å². The molecule has 6 heteroatoms. The minimum absolute atomic E-state index is 0.462. The molecule has 0 aliphatic heterocycles. The number of nitrogens with zero attached hydrogens (tertiary/aromatic N) is 2. The molecule has 0 amide bonds. The highest BCUT2D eigenvalue weighted by molar-refractivity contribution is 9.10. The fourth-order valence-corrected chi connectivity index (χ4v) is 3.24. The Morgan fingerprint density at radius 2 is 2.30 bits per heavy atom. The molecular weight excluding hydrogens is 338 g/mol. The van der Waals surface area contributed by atoms with Gasteiger partial charge >= 0.3 is 0 Å². The van der Waals surface area contributed by atoms with Crippen molar-refractivity contribution in [1.82, 2.24) is 9.38 Å². The summed E-state index contributed by atoms with van der Waals surface area (Å²) in [5.74, 6) is 0.821. The van der Waals surface area contributed by atoms with Gasteiger partial charge in [-0.05, 0) is 46.6 Å². The lowest BCUT2D eigenvalue weighted by Crippen LogP contribution is -2.03. The Labute approximate surface area is 129 Å². The van der Waals surface area contributed by atoms with Gasteiger partial charge in [-0.3, -0.25) is 4.40 Å². The molecule has 0 aliphatic rings. The number of rotatable bonds is 5. The second-order valence-electron chi connectivity index (χ2n) is 4.42. The Balaban J connectivity index is 1.70. The molecule has 0 atom stereocenters. The van der Waals surface area contributed by atoms with Crippen LogP contribution >= 0.6 is 27.3 Å². The monoisotopic (exact) mass is 351 g/mol. The van der Waals surface area contributed by atoms with Gasteiger partial charge in [-0.15, -0.1) is 11.3 Å². The third kappa shape index (κ3) is 2.87. The summed E-state index contributed by atoms with van der Waals surface area (Å²) >= 11 is 5.14. The lowest BCUT2D eigenvalue weighted by molar-refractivity contribution is 0.300. The second-order valence-corrected chi connectivity index (χ2v) is 6.14. The Hall–Kier alpha value is -1.37. The normalized spacial score (nSPS) is 11.1. The summed E-state index contributed by atoms with van der Waals surface area (Å²) in [6.07, 6.45) is 4.85. The van der Waals surface area contributed by atoms with Crippen LogP contribution in [0.25, 0.3) is 4.96 Å². The summed E-state index contributed by atoms with van der Waals surface area (Å²) in [6, 6.07) is 6.06. The quantitative estimate of drug-likeness (QED) is 0.767. The van der Waals surface area contributed by atoms with E-state index in [4.69, 9.17) is 10.5 Å². The average Bonchev–Trinajstić information content (AvgIpc) is 2.99. The van der Waals surface area contributed by atoms with E-state index in [-0.39, 0.29) is 0 Å². The number of ether oxygens (including phenoxy) is 1. The van der Waals surface area contributed by atoms with Crippen molar-refractivity contribution in [3.63, 3.8) is 0 Å². The lowest BCUT2D eigenvalue weighted by Gasteiger charge is -2.08. The van der Waals surface area contributed by atoms with Gasteiger partial charge in [0.05, 0.1) is 10.2 Å². The molecule has 1 aromatic carbocycles. The van der Waals surface area contributed by atoms with Gasteiger partial charge in [0.25, 0.3) is 0 Å². The molecule has 0 radical (unpaired) electrons. The predicted molar refractivity (Wildman–Crippen MR) is 84.3 cm³/mol. The first-order valence-electron chi connectivity index (χ1n) is 6.28. The van der Waals surface area contributed by atoms with Crippen molar-refractivity contribution in [2.24, 2.45) is 5.73 Å². The summed E-state index contributed by atoms with van der Waals surface area (Å²) < 4.78 is 8.76. The minimum Gasteiger partial charge on any atom is -0.486 e. The fraction of sp³-hybridized carbons (Fsp3) is 0.214. The van der Waals surface area contributed by atoms with E-state index in [1.807, 2.05) is 40.4 Å². The van der Waals surface area contributed by atoms with E-state index < -0.39 is 0 Å². The first-order chi connectivity index (χ1) is 9.76. The molecule has 4 nitrogen and oxygen atoms in total. The van der Waals surface area contributed by atoms with E-state index in [1.54, 1.807) is 11.3 Å². The minimum atomic E-state index is 0.462. The number of fused-ring (bicyclic) bond motifs is 1. The molecule has 0 unspecified atom stereocenters. The van der Waals surface area contributed by atoms with Crippen LogP contribution in [0.15, 0.2) is 40.4 Å². The Morgan fingerprint density at radius 1 is 1.40 bits per heavy atom. The van der Waals surface area contributed by atoms with E-state index >= 15 is 0 Å². The average molecular weight is 352 g/mol. The molecule has 2 heterocycles. The van der Waals surface area contributed by atoms with Gasteiger partial charge in [-0.25, -0.2) is 4.98 Å². The van der Waals surface area contributed by atoms with Crippen molar-refractivity contribution in [3.05, 3.63) is 51.7 Å². The van der Waals surface area contributed by atoms with Crippen molar-refractivity contribution in [2.75, 3.05) is 6.54 Å². The van der Waals surface area contributed by atoms with Gasteiger partial charge in [0, 0.05) is 17.8 Å². The highest BCUT2D eigenvalue weighted by atomic mass is 79.9. The molecule has 3 aromatic rings. The van der Waals surface area contributed by atoms with Crippen LogP contribution < -0.4 is 10.5 Å². The maximum atomic E-state index is 5.81. The topological polar surface area (TPSA) is 52.5 Å². The van der Waals surface area contributed by atoms with Gasteiger partial charge in [0.1, 0.15) is 12.4 Å². The molecule has 0 saturated carbocycles. The summed E-state index contributed by atoms with van der Waals surface area (Å²) in [7, 11) is 0. The zero-order valence-electron chi connectivity index (χ0n) is 10.8. The van der Waals surface area contributed by atoms with E-state index in [9.17, 15) is 0 Å². The molecule has 0 spiro atoms. The van der Waals surface area contributed by atoms with Crippen LogP contribution in [0.4, 0.5) is 0 Å². The molecule has 0 aliphatic carbocycles. The molecule has 2 N–H and O–H groups in total. The van der Waals surface area contributed by atoms with Gasteiger partial charge < -0.3 is 10.5 Å². The molecule has 104 valence electrons. The Morgan fingerprint density at radius 3 is 3.05 bits per heavy atom. The van der Waals surface area contributed by atoms with Crippen molar-refractivity contribution >= 4 is 32.2 Å². The molecular formula is C14H14BrN3OS. The summed E-state index contributed by atoms with van der Waals surface area (Å²) in [4.78, 5) is 5.48. The van der Waals surface area contributed by atoms with Gasteiger partial charge in [0.15, 0.2) is 4.96 Å². The standard InChI is InChI=1S/C14H14BrN3OS/c15-12-7-10(3-4-16)1-2-13(12)19-9-11-8-18-5-6-20-14(18)17-11/h1-2,5-8H,3-4,9,16H2. The number of imidazole rings is 1.